The summed E-state index contributed by atoms with van der Waals surface area (Å²) in [6.45, 7) is 6.87. The molecule has 1 N–H and O–H groups in total. The van der Waals surface area contributed by atoms with E-state index in [-0.39, 0.29) is 5.82 Å². The van der Waals surface area contributed by atoms with E-state index in [1.54, 1.807) is 19.2 Å². The topological polar surface area (TPSA) is 45.8 Å². The van der Waals surface area contributed by atoms with Gasteiger partial charge in [0.2, 0.25) is 0 Å². The quantitative estimate of drug-likeness (QED) is 0.474. The SMILES string of the molecule is CCCC(O)(CCC)c1ccc(CN(CCCOC)Cc2cccc(F)c2)o1. The number of halogens is 1. The summed E-state index contributed by atoms with van der Waals surface area (Å²) in [4.78, 5) is 2.22. The first-order valence-electron chi connectivity index (χ1n) is 10.3. The summed E-state index contributed by atoms with van der Waals surface area (Å²) < 4.78 is 24.8. The Morgan fingerprint density at radius 1 is 1.11 bits per heavy atom. The number of methoxy groups -OCH3 is 1. The zero-order chi connectivity index (χ0) is 20.4. The van der Waals surface area contributed by atoms with E-state index in [2.05, 4.69) is 18.7 Å². The maximum atomic E-state index is 13.5. The molecule has 1 heterocycles. The third kappa shape index (κ3) is 6.73. The Morgan fingerprint density at radius 2 is 1.86 bits per heavy atom. The van der Waals surface area contributed by atoms with Crippen molar-refractivity contribution in [2.75, 3.05) is 20.3 Å². The first kappa shape index (κ1) is 22.6. The molecule has 0 aliphatic rings. The van der Waals surface area contributed by atoms with Crippen molar-refractivity contribution in [3.63, 3.8) is 0 Å². The maximum absolute atomic E-state index is 13.5. The van der Waals surface area contributed by atoms with Crippen LogP contribution in [0.25, 0.3) is 0 Å². The van der Waals surface area contributed by atoms with Gasteiger partial charge in [0.15, 0.2) is 0 Å². The molecular weight excluding hydrogens is 357 g/mol. The molecule has 0 spiro atoms. The predicted molar refractivity (Wildman–Crippen MR) is 109 cm³/mol. The van der Waals surface area contributed by atoms with E-state index in [0.717, 1.165) is 37.1 Å². The molecule has 0 saturated heterocycles. The molecular formula is C23H34FNO3. The van der Waals surface area contributed by atoms with E-state index in [1.807, 2.05) is 18.2 Å². The Kier molecular flexibility index (Phi) is 9.16. The highest BCUT2D eigenvalue weighted by atomic mass is 19.1. The Balaban J connectivity index is 2.11. The Labute approximate surface area is 168 Å². The second-order valence-electron chi connectivity index (χ2n) is 7.48. The Morgan fingerprint density at radius 3 is 2.50 bits per heavy atom. The molecule has 2 rings (SSSR count). The van der Waals surface area contributed by atoms with Gasteiger partial charge in [-0.2, -0.15) is 0 Å². The van der Waals surface area contributed by atoms with Crippen molar-refractivity contribution in [2.24, 2.45) is 0 Å². The van der Waals surface area contributed by atoms with Crippen LogP contribution < -0.4 is 0 Å². The summed E-state index contributed by atoms with van der Waals surface area (Å²) in [7, 11) is 1.69. The van der Waals surface area contributed by atoms with Crippen molar-refractivity contribution in [2.45, 2.75) is 64.6 Å². The van der Waals surface area contributed by atoms with Crippen LogP contribution in [0.1, 0.15) is 63.0 Å². The molecule has 0 fully saturated rings. The van der Waals surface area contributed by atoms with Gasteiger partial charge in [0.25, 0.3) is 0 Å². The minimum Gasteiger partial charge on any atom is -0.462 e. The van der Waals surface area contributed by atoms with Gasteiger partial charge in [-0.25, -0.2) is 4.39 Å². The van der Waals surface area contributed by atoms with Gasteiger partial charge >= 0.3 is 0 Å². The highest BCUT2D eigenvalue weighted by molar-refractivity contribution is 5.17. The minimum absolute atomic E-state index is 0.223. The van der Waals surface area contributed by atoms with Crippen molar-refractivity contribution >= 4 is 0 Å². The third-order valence-electron chi connectivity index (χ3n) is 4.94. The van der Waals surface area contributed by atoms with Crippen LogP contribution in [0.2, 0.25) is 0 Å². The standard InChI is InChI=1S/C23H34FNO3/c1-4-12-23(26,13-5-2)22-11-10-21(28-22)18-25(14-7-15-27-3)17-19-8-6-9-20(24)16-19/h6,8-11,16,26H,4-5,7,12-15,17-18H2,1-3H3. The van der Waals surface area contributed by atoms with Crippen molar-refractivity contribution in [3.8, 4) is 0 Å². The molecule has 0 radical (unpaired) electrons. The number of nitrogens with zero attached hydrogens (tertiary/aromatic N) is 1. The van der Waals surface area contributed by atoms with Gasteiger partial charge in [-0.05, 0) is 49.1 Å². The van der Waals surface area contributed by atoms with Crippen LogP contribution in [0.3, 0.4) is 0 Å². The molecule has 0 aliphatic carbocycles. The average molecular weight is 392 g/mol. The third-order valence-corrected chi connectivity index (χ3v) is 4.94. The normalized spacial score (nSPS) is 12.1. The average Bonchev–Trinajstić information content (AvgIpc) is 3.12. The minimum atomic E-state index is -0.898. The number of furan rings is 1. The number of benzene rings is 1. The predicted octanol–water partition coefficient (Wildman–Crippen LogP) is 5.25. The highest BCUT2D eigenvalue weighted by Crippen LogP contribution is 2.33. The summed E-state index contributed by atoms with van der Waals surface area (Å²) in [5.74, 6) is 1.24. The molecule has 0 amide bonds. The molecule has 0 saturated carbocycles. The van der Waals surface area contributed by atoms with Crippen molar-refractivity contribution in [3.05, 3.63) is 59.3 Å². The summed E-state index contributed by atoms with van der Waals surface area (Å²) in [5.41, 5.74) is 0.0308. The van der Waals surface area contributed by atoms with E-state index in [4.69, 9.17) is 9.15 Å². The monoisotopic (exact) mass is 391 g/mol. The van der Waals surface area contributed by atoms with Gasteiger partial charge in [0, 0.05) is 26.8 Å². The van der Waals surface area contributed by atoms with Crippen LogP contribution in [0.5, 0.6) is 0 Å². The van der Waals surface area contributed by atoms with E-state index in [0.29, 0.717) is 38.3 Å². The maximum Gasteiger partial charge on any atom is 0.135 e. The molecule has 5 heteroatoms. The van der Waals surface area contributed by atoms with Crippen LogP contribution >= 0.6 is 0 Å². The van der Waals surface area contributed by atoms with Gasteiger partial charge in [-0.1, -0.05) is 38.8 Å². The van der Waals surface area contributed by atoms with Gasteiger partial charge in [-0.3, -0.25) is 4.90 Å². The zero-order valence-corrected chi connectivity index (χ0v) is 17.4. The molecule has 156 valence electrons. The van der Waals surface area contributed by atoms with Crippen LogP contribution in [0, 0.1) is 5.82 Å². The second-order valence-corrected chi connectivity index (χ2v) is 7.48. The fourth-order valence-electron chi connectivity index (χ4n) is 3.67. The summed E-state index contributed by atoms with van der Waals surface area (Å²) in [6.07, 6.45) is 4.06. The van der Waals surface area contributed by atoms with E-state index < -0.39 is 5.60 Å². The van der Waals surface area contributed by atoms with Crippen LogP contribution in [-0.4, -0.2) is 30.3 Å². The van der Waals surface area contributed by atoms with E-state index in [9.17, 15) is 9.50 Å². The first-order chi connectivity index (χ1) is 13.5. The highest BCUT2D eigenvalue weighted by Gasteiger charge is 2.31. The number of hydrogen-bond donors (Lipinski definition) is 1. The lowest BCUT2D eigenvalue weighted by molar-refractivity contribution is -0.00524. The lowest BCUT2D eigenvalue weighted by Crippen LogP contribution is -2.25. The molecule has 0 aliphatic heterocycles. The first-order valence-corrected chi connectivity index (χ1v) is 10.3. The van der Waals surface area contributed by atoms with Crippen LogP contribution in [0.15, 0.2) is 40.8 Å². The summed E-state index contributed by atoms with van der Waals surface area (Å²) >= 11 is 0. The largest absolute Gasteiger partial charge is 0.462 e. The summed E-state index contributed by atoms with van der Waals surface area (Å²) in [6, 6.07) is 10.5. The molecule has 1 aromatic heterocycles. The molecule has 0 unspecified atom stereocenters. The van der Waals surface area contributed by atoms with Gasteiger partial charge in [0.1, 0.15) is 22.9 Å². The van der Waals surface area contributed by atoms with Crippen LogP contribution in [0.4, 0.5) is 4.39 Å². The fourth-order valence-corrected chi connectivity index (χ4v) is 3.67. The molecule has 1 aromatic carbocycles. The van der Waals surface area contributed by atoms with E-state index in [1.165, 1.54) is 6.07 Å². The smallest absolute Gasteiger partial charge is 0.135 e. The Bertz CT molecular complexity index is 695. The lowest BCUT2D eigenvalue weighted by atomic mass is 9.90. The summed E-state index contributed by atoms with van der Waals surface area (Å²) in [5, 5.41) is 11.0. The van der Waals surface area contributed by atoms with Gasteiger partial charge in [-0.15, -0.1) is 0 Å². The Hall–Kier alpha value is -1.69. The molecule has 0 bridgehead atoms. The second kappa shape index (κ2) is 11.3. The fraction of sp³-hybridized carbons (Fsp3) is 0.565. The molecule has 0 atom stereocenters. The van der Waals surface area contributed by atoms with Crippen LogP contribution in [-0.2, 0) is 23.4 Å². The van der Waals surface area contributed by atoms with Gasteiger partial charge in [0.05, 0.1) is 6.54 Å². The van der Waals surface area contributed by atoms with Gasteiger partial charge < -0.3 is 14.3 Å². The number of hydrogen-bond acceptors (Lipinski definition) is 4. The van der Waals surface area contributed by atoms with Crippen molar-refractivity contribution in [1.82, 2.24) is 4.90 Å². The van der Waals surface area contributed by atoms with Crippen molar-refractivity contribution in [1.29, 1.82) is 0 Å². The number of aliphatic hydroxyl groups is 1. The van der Waals surface area contributed by atoms with Crippen molar-refractivity contribution < 1.29 is 18.7 Å². The lowest BCUT2D eigenvalue weighted by Gasteiger charge is -2.25. The molecule has 4 nitrogen and oxygen atoms in total. The van der Waals surface area contributed by atoms with E-state index >= 15 is 0 Å². The zero-order valence-electron chi connectivity index (χ0n) is 17.4. The number of rotatable bonds is 13. The molecule has 28 heavy (non-hydrogen) atoms. The molecule has 2 aromatic rings. The number of ether oxygens (including phenoxy) is 1.